The van der Waals surface area contributed by atoms with Crippen LogP contribution in [0.1, 0.15) is 0 Å². The zero-order chi connectivity index (χ0) is 17.9. The fourth-order valence-corrected chi connectivity index (χ4v) is 4.24. The first-order valence-electron chi connectivity index (χ1n) is 6.84. The number of nitrogens with zero attached hydrogens (tertiary/aromatic N) is 3. The lowest BCUT2D eigenvalue weighted by Crippen LogP contribution is -2.30. The van der Waals surface area contributed by atoms with E-state index in [1.54, 1.807) is 25.2 Å². The van der Waals surface area contributed by atoms with E-state index in [1.807, 2.05) is 0 Å². The first kappa shape index (κ1) is 18.6. The maximum Gasteiger partial charge on any atom is 0.284 e. The molecule has 0 bridgehead atoms. The van der Waals surface area contributed by atoms with Gasteiger partial charge in [0.1, 0.15) is 0 Å². The Labute approximate surface area is 150 Å². The third kappa shape index (κ3) is 4.19. The van der Waals surface area contributed by atoms with Crippen molar-refractivity contribution < 1.29 is 13.2 Å². The van der Waals surface area contributed by atoms with Crippen LogP contribution in [0.4, 0.5) is 0 Å². The summed E-state index contributed by atoms with van der Waals surface area (Å²) in [4.78, 5) is 15.8. The van der Waals surface area contributed by atoms with Gasteiger partial charge in [-0.25, -0.2) is 0 Å². The van der Waals surface area contributed by atoms with Crippen LogP contribution in [-0.2, 0) is 14.8 Å². The molecule has 0 N–H and O–H groups in total. The van der Waals surface area contributed by atoms with Gasteiger partial charge in [0.05, 0.1) is 9.80 Å². The van der Waals surface area contributed by atoms with Crippen molar-refractivity contribution in [3.8, 4) is 0 Å². The fraction of sp³-hybridized carbons (Fsp3) is 0.200. The lowest BCUT2D eigenvalue weighted by molar-refractivity contribution is -0.121. The summed E-state index contributed by atoms with van der Waals surface area (Å²) in [7, 11) is -0.395. The summed E-state index contributed by atoms with van der Waals surface area (Å²) in [5.41, 5.74) is 0. The predicted molar refractivity (Wildman–Crippen MR) is 97.3 cm³/mol. The number of carbonyl (C=O) groups excluding carboxylic acids is 1. The summed E-state index contributed by atoms with van der Waals surface area (Å²) in [6, 6.07) is 5.69. The molecule has 1 saturated heterocycles. The van der Waals surface area contributed by atoms with Crippen molar-refractivity contribution in [2.24, 2.45) is 4.40 Å². The Bertz CT molecular complexity index is 815. The molecule has 1 aliphatic rings. The SMILES string of the molecule is C=CCN1C(=O)/C(=C/N(C)C)S/C1=N/S(=O)(=O)c1ccc(Cl)cc1. The molecule has 1 aromatic carbocycles. The third-order valence-corrected chi connectivity index (χ3v) is 5.53. The van der Waals surface area contributed by atoms with E-state index in [9.17, 15) is 13.2 Å². The first-order chi connectivity index (χ1) is 11.2. The van der Waals surface area contributed by atoms with Gasteiger partial charge < -0.3 is 4.90 Å². The summed E-state index contributed by atoms with van der Waals surface area (Å²) >= 11 is 6.78. The summed E-state index contributed by atoms with van der Waals surface area (Å²) in [5, 5.41) is 0.527. The predicted octanol–water partition coefficient (Wildman–Crippen LogP) is 2.55. The number of rotatable bonds is 5. The fourth-order valence-electron chi connectivity index (χ4n) is 1.85. The molecule has 1 fully saturated rings. The van der Waals surface area contributed by atoms with E-state index >= 15 is 0 Å². The van der Waals surface area contributed by atoms with Gasteiger partial charge in [-0.1, -0.05) is 17.7 Å². The molecular weight excluding hydrogens is 370 g/mol. The molecule has 24 heavy (non-hydrogen) atoms. The number of carbonyl (C=O) groups is 1. The van der Waals surface area contributed by atoms with Crippen LogP contribution < -0.4 is 0 Å². The van der Waals surface area contributed by atoms with E-state index in [2.05, 4.69) is 11.0 Å². The quantitative estimate of drug-likeness (QED) is 0.575. The van der Waals surface area contributed by atoms with Gasteiger partial charge in [0.15, 0.2) is 5.17 Å². The van der Waals surface area contributed by atoms with Crippen molar-refractivity contribution in [3.05, 3.63) is 53.0 Å². The monoisotopic (exact) mass is 385 g/mol. The van der Waals surface area contributed by atoms with Crippen molar-refractivity contribution in [2.75, 3.05) is 20.6 Å². The standard InChI is InChI=1S/C15H16ClN3O3S2/c1-4-9-19-14(20)13(10-18(2)3)23-15(19)17-24(21,22)12-7-5-11(16)6-8-12/h4-8,10H,1,9H2,2-3H3/b13-10-,17-15+. The molecule has 0 radical (unpaired) electrons. The summed E-state index contributed by atoms with van der Waals surface area (Å²) in [5.74, 6) is -0.307. The van der Waals surface area contributed by atoms with Gasteiger partial charge in [-0.15, -0.1) is 11.0 Å². The zero-order valence-electron chi connectivity index (χ0n) is 13.1. The highest BCUT2D eigenvalue weighted by atomic mass is 35.5. The van der Waals surface area contributed by atoms with E-state index in [-0.39, 0.29) is 22.5 Å². The Morgan fingerprint density at radius 1 is 1.33 bits per heavy atom. The maximum absolute atomic E-state index is 12.4. The molecule has 1 heterocycles. The molecule has 0 spiro atoms. The van der Waals surface area contributed by atoms with E-state index in [0.29, 0.717) is 9.93 Å². The van der Waals surface area contributed by atoms with E-state index in [0.717, 1.165) is 11.8 Å². The van der Waals surface area contributed by atoms with Crippen LogP contribution in [0, 0.1) is 0 Å². The first-order valence-corrected chi connectivity index (χ1v) is 9.47. The number of thioether (sulfide) groups is 1. The number of hydrogen-bond acceptors (Lipinski definition) is 5. The molecule has 128 valence electrons. The molecule has 1 aliphatic heterocycles. The topological polar surface area (TPSA) is 70.1 Å². The molecule has 9 heteroatoms. The molecule has 0 aromatic heterocycles. The van der Waals surface area contributed by atoms with Gasteiger partial charge in [0, 0.05) is 31.9 Å². The molecule has 0 unspecified atom stereocenters. The number of amides is 1. The van der Waals surface area contributed by atoms with Gasteiger partial charge in [0.2, 0.25) is 0 Å². The minimum absolute atomic E-state index is 0.0102. The van der Waals surface area contributed by atoms with Crippen LogP contribution >= 0.6 is 23.4 Å². The minimum Gasteiger partial charge on any atom is -0.382 e. The Morgan fingerprint density at radius 3 is 2.50 bits per heavy atom. The van der Waals surface area contributed by atoms with Crippen LogP contribution in [0.25, 0.3) is 0 Å². The van der Waals surface area contributed by atoms with Gasteiger partial charge in [-0.05, 0) is 36.0 Å². The molecular formula is C15H16ClN3O3S2. The molecule has 0 saturated carbocycles. The van der Waals surface area contributed by atoms with Crippen LogP contribution in [-0.4, -0.2) is 49.9 Å². The smallest absolute Gasteiger partial charge is 0.284 e. The van der Waals surface area contributed by atoms with E-state index in [4.69, 9.17) is 11.6 Å². The van der Waals surface area contributed by atoms with Crippen LogP contribution in [0.5, 0.6) is 0 Å². The highest BCUT2D eigenvalue weighted by molar-refractivity contribution is 8.19. The summed E-state index contributed by atoms with van der Waals surface area (Å²) < 4.78 is 28.7. The second kappa shape index (κ2) is 7.42. The molecule has 1 amide bonds. The van der Waals surface area contributed by atoms with Crippen molar-refractivity contribution in [2.45, 2.75) is 4.90 Å². The maximum atomic E-state index is 12.4. The minimum atomic E-state index is -3.95. The molecule has 2 rings (SSSR count). The van der Waals surface area contributed by atoms with Crippen LogP contribution in [0.15, 0.2) is 57.3 Å². The number of hydrogen-bond donors (Lipinski definition) is 0. The van der Waals surface area contributed by atoms with E-state index < -0.39 is 10.0 Å². The number of sulfonamides is 1. The molecule has 6 nitrogen and oxygen atoms in total. The molecule has 1 aromatic rings. The van der Waals surface area contributed by atoms with E-state index in [1.165, 1.54) is 35.2 Å². The largest absolute Gasteiger partial charge is 0.382 e. The van der Waals surface area contributed by atoms with Crippen LogP contribution in [0.3, 0.4) is 0 Å². The highest BCUT2D eigenvalue weighted by Crippen LogP contribution is 2.32. The zero-order valence-corrected chi connectivity index (χ0v) is 15.5. The molecule has 0 aliphatic carbocycles. The summed E-state index contributed by atoms with van der Waals surface area (Å²) in [6.45, 7) is 3.76. The van der Waals surface area contributed by atoms with Crippen LogP contribution in [0.2, 0.25) is 5.02 Å². The van der Waals surface area contributed by atoms with Gasteiger partial charge in [-0.3, -0.25) is 9.69 Å². The lowest BCUT2D eigenvalue weighted by atomic mass is 10.4. The Balaban J connectivity index is 2.43. The lowest BCUT2D eigenvalue weighted by Gasteiger charge is -2.12. The Morgan fingerprint density at radius 2 is 1.96 bits per heavy atom. The highest BCUT2D eigenvalue weighted by Gasteiger charge is 2.34. The van der Waals surface area contributed by atoms with Gasteiger partial charge in [0.25, 0.3) is 15.9 Å². The van der Waals surface area contributed by atoms with Gasteiger partial charge >= 0.3 is 0 Å². The average molecular weight is 386 g/mol. The Hall–Kier alpha value is -1.77. The third-order valence-electron chi connectivity index (χ3n) is 2.88. The number of amidine groups is 1. The average Bonchev–Trinajstić information content (AvgIpc) is 2.75. The second-order valence-corrected chi connectivity index (χ2v) is 8.12. The van der Waals surface area contributed by atoms with Gasteiger partial charge in [-0.2, -0.15) is 8.42 Å². The number of benzene rings is 1. The van der Waals surface area contributed by atoms with Crippen molar-refractivity contribution >= 4 is 44.5 Å². The van der Waals surface area contributed by atoms with Crippen molar-refractivity contribution in [1.29, 1.82) is 0 Å². The van der Waals surface area contributed by atoms with Crippen molar-refractivity contribution in [3.63, 3.8) is 0 Å². The normalized spacial score (nSPS) is 18.5. The Kier molecular flexibility index (Phi) is 5.74. The second-order valence-electron chi connectivity index (χ2n) is 5.07. The number of halogens is 1. The molecule has 0 atom stereocenters. The summed E-state index contributed by atoms with van der Waals surface area (Å²) in [6.07, 6.45) is 3.14. The van der Waals surface area contributed by atoms with Crippen molar-refractivity contribution in [1.82, 2.24) is 9.80 Å².